The smallest absolute Gasteiger partial charge is 0.142 e. The minimum atomic E-state index is 0.714. The van der Waals surface area contributed by atoms with Gasteiger partial charge in [0.25, 0.3) is 0 Å². The lowest BCUT2D eigenvalue weighted by atomic mass is 10.2. The molecule has 0 radical (unpaired) electrons. The van der Waals surface area contributed by atoms with Gasteiger partial charge >= 0.3 is 0 Å². The molecule has 106 valence electrons. The highest BCUT2D eigenvalue weighted by Gasteiger charge is 2.38. The van der Waals surface area contributed by atoms with Crippen molar-refractivity contribution in [3.05, 3.63) is 12.2 Å². The van der Waals surface area contributed by atoms with Crippen LogP contribution in [0, 0.1) is 0 Å². The summed E-state index contributed by atoms with van der Waals surface area (Å²) in [6.45, 7) is 12.1. The number of rotatable bonds is 8. The molecule has 1 aliphatic heterocycles. The molecule has 0 aliphatic carbocycles. The minimum absolute atomic E-state index is 0.714. The van der Waals surface area contributed by atoms with Crippen LogP contribution in [-0.4, -0.2) is 48.8 Å². The molecule has 1 fully saturated rings. The molecule has 1 rings (SSSR count). The van der Waals surface area contributed by atoms with Crippen molar-refractivity contribution in [1.82, 2.24) is 4.90 Å². The molecule has 2 unspecified atom stereocenters. The van der Waals surface area contributed by atoms with Gasteiger partial charge in [-0.15, -0.1) is 0 Å². The van der Waals surface area contributed by atoms with Crippen LogP contribution in [0.5, 0.6) is 0 Å². The highest BCUT2D eigenvalue weighted by atomic mass is 15.5. The van der Waals surface area contributed by atoms with Crippen LogP contribution in [0.15, 0.2) is 12.2 Å². The summed E-state index contributed by atoms with van der Waals surface area (Å²) in [5, 5.41) is 0. The van der Waals surface area contributed by atoms with E-state index in [4.69, 9.17) is 0 Å². The molecule has 1 aliphatic rings. The van der Waals surface area contributed by atoms with Gasteiger partial charge in [-0.25, -0.2) is 4.90 Å². The van der Waals surface area contributed by atoms with E-state index in [9.17, 15) is 0 Å². The van der Waals surface area contributed by atoms with Crippen LogP contribution in [-0.2, 0) is 0 Å². The molecule has 18 heavy (non-hydrogen) atoms. The highest BCUT2D eigenvalue weighted by molar-refractivity contribution is 4.80. The average molecular weight is 253 g/mol. The first-order chi connectivity index (χ1) is 8.64. The molecule has 0 saturated carbocycles. The summed E-state index contributed by atoms with van der Waals surface area (Å²) in [7, 11) is 2.44. The van der Waals surface area contributed by atoms with Crippen molar-refractivity contribution in [1.29, 1.82) is 0 Å². The molecule has 0 amide bonds. The Hall–Kier alpha value is -0.340. The van der Waals surface area contributed by atoms with E-state index in [1.54, 1.807) is 0 Å². The van der Waals surface area contributed by atoms with Gasteiger partial charge in [0, 0.05) is 13.5 Å². The number of hydrogen-bond acceptors (Lipinski definition) is 1. The van der Waals surface area contributed by atoms with Crippen molar-refractivity contribution in [2.45, 2.75) is 59.0 Å². The van der Waals surface area contributed by atoms with Crippen molar-refractivity contribution in [3.8, 4) is 0 Å². The van der Waals surface area contributed by atoms with Crippen LogP contribution >= 0.6 is 0 Å². The van der Waals surface area contributed by atoms with Gasteiger partial charge in [0.1, 0.15) is 6.17 Å². The number of likely N-dealkylation sites (N-methyl/N-ethyl adjacent to an activating group) is 2. The number of quaternary nitrogens is 1. The summed E-state index contributed by atoms with van der Waals surface area (Å²) in [4.78, 5) is 2.61. The predicted octanol–water partition coefficient (Wildman–Crippen LogP) is 3.64. The van der Waals surface area contributed by atoms with E-state index in [1.807, 2.05) is 0 Å². The van der Waals surface area contributed by atoms with Crippen LogP contribution in [0.25, 0.3) is 0 Å². The maximum absolute atomic E-state index is 2.61. The maximum atomic E-state index is 2.61. The topological polar surface area (TPSA) is 3.24 Å². The Morgan fingerprint density at radius 1 is 1.17 bits per heavy atom. The molecule has 2 nitrogen and oxygen atoms in total. The third kappa shape index (κ3) is 4.40. The number of unbranched alkanes of at least 4 members (excludes halogenated alkanes) is 3. The predicted molar refractivity (Wildman–Crippen MR) is 80.5 cm³/mol. The summed E-state index contributed by atoms with van der Waals surface area (Å²) < 4.78 is 1.26. The highest BCUT2D eigenvalue weighted by Crippen LogP contribution is 2.22. The van der Waals surface area contributed by atoms with Crippen LogP contribution in [0.1, 0.15) is 52.9 Å². The molecule has 0 aromatic carbocycles. The first-order valence-corrected chi connectivity index (χ1v) is 7.87. The van der Waals surface area contributed by atoms with Gasteiger partial charge < -0.3 is 4.48 Å². The molecule has 2 atom stereocenters. The lowest BCUT2D eigenvalue weighted by Gasteiger charge is -2.36. The fourth-order valence-electron chi connectivity index (χ4n) is 2.98. The van der Waals surface area contributed by atoms with Gasteiger partial charge in [-0.2, -0.15) is 0 Å². The van der Waals surface area contributed by atoms with Gasteiger partial charge in [0.05, 0.1) is 26.7 Å². The monoisotopic (exact) mass is 253 g/mol. The normalized spacial score (nSPS) is 29.4. The fraction of sp³-hybridized carbons (Fsp3) is 0.875. The molecule has 0 aromatic heterocycles. The van der Waals surface area contributed by atoms with E-state index < -0.39 is 0 Å². The number of nitrogens with zero attached hydrogens (tertiary/aromatic N) is 2. The third-order valence-electron chi connectivity index (χ3n) is 4.65. The van der Waals surface area contributed by atoms with E-state index in [2.05, 4.69) is 44.9 Å². The Morgan fingerprint density at radius 2 is 1.89 bits per heavy atom. The lowest BCUT2D eigenvalue weighted by Crippen LogP contribution is -2.50. The standard InChI is InChI=1S/C16H33N2/c1-5-7-8-9-10-11-12-14-18(4)15-13-17(6-2)16(18)3/h8-9,16H,5-7,10-15H2,1-4H3/q+1. The maximum Gasteiger partial charge on any atom is 0.142 e. The Balaban J connectivity index is 2.19. The molecular formula is C16H33N2+. The van der Waals surface area contributed by atoms with Gasteiger partial charge in [-0.1, -0.05) is 32.4 Å². The summed E-state index contributed by atoms with van der Waals surface area (Å²) in [5.74, 6) is 0. The van der Waals surface area contributed by atoms with Crippen LogP contribution in [0.2, 0.25) is 0 Å². The van der Waals surface area contributed by atoms with Gasteiger partial charge in [-0.05, 0) is 25.7 Å². The molecule has 1 heterocycles. The summed E-state index contributed by atoms with van der Waals surface area (Å²) in [5.41, 5.74) is 0. The van der Waals surface area contributed by atoms with Crippen molar-refractivity contribution in [3.63, 3.8) is 0 Å². The zero-order valence-electron chi connectivity index (χ0n) is 13.0. The third-order valence-corrected chi connectivity index (χ3v) is 4.65. The van der Waals surface area contributed by atoms with E-state index in [-0.39, 0.29) is 0 Å². The zero-order chi connectivity index (χ0) is 13.4. The Labute approximate surface area is 114 Å². The molecule has 0 spiro atoms. The molecule has 0 aromatic rings. The first kappa shape index (κ1) is 15.7. The molecule has 0 N–H and O–H groups in total. The summed E-state index contributed by atoms with van der Waals surface area (Å²) in [6, 6.07) is 0. The average Bonchev–Trinajstić information content (AvgIpc) is 2.65. The molecule has 0 bridgehead atoms. The largest absolute Gasteiger partial charge is 0.310 e. The van der Waals surface area contributed by atoms with E-state index >= 15 is 0 Å². The van der Waals surface area contributed by atoms with Gasteiger partial charge in [0.2, 0.25) is 0 Å². The Morgan fingerprint density at radius 3 is 2.50 bits per heavy atom. The van der Waals surface area contributed by atoms with Crippen molar-refractivity contribution in [2.75, 3.05) is 33.2 Å². The molecule has 2 heteroatoms. The second-order valence-corrected chi connectivity index (χ2v) is 5.94. The van der Waals surface area contributed by atoms with E-state index in [0.29, 0.717) is 6.17 Å². The van der Waals surface area contributed by atoms with Crippen LogP contribution in [0.4, 0.5) is 0 Å². The van der Waals surface area contributed by atoms with E-state index in [1.165, 1.54) is 62.8 Å². The lowest BCUT2D eigenvalue weighted by molar-refractivity contribution is -0.924. The Bertz CT molecular complexity index is 249. The van der Waals surface area contributed by atoms with Crippen LogP contribution in [0.3, 0.4) is 0 Å². The van der Waals surface area contributed by atoms with Crippen molar-refractivity contribution in [2.24, 2.45) is 0 Å². The first-order valence-electron chi connectivity index (χ1n) is 7.87. The minimum Gasteiger partial charge on any atom is -0.310 e. The SMILES string of the molecule is CCCC=CCCCC[N+]1(C)CCN(CC)C1C. The van der Waals surface area contributed by atoms with Crippen molar-refractivity contribution < 1.29 is 4.48 Å². The second kappa shape index (κ2) is 7.96. The van der Waals surface area contributed by atoms with E-state index in [0.717, 1.165) is 0 Å². The van der Waals surface area contributed by atoms with Gasteiger partial charge in [-0.3, -0.25) is 0 Å². The number of allylic oxidation sites excluding steroid dienone is 2. The fourth-order valence-corrected chi connectivity index (χ4v) is 2.98. The molecule has 1 saturated heterocycles. The Kier molecular flexibility index (Phi) is 6.95. The summed E-state index contributed by atoms with van der Waals surface area (Å²) in [6.07, 6.45) is 11.9. The van der Waals surface area contributed by atoms with Crippen molar-refractivity contribution >= 4 is 0 Å². The quantitative estimate of drug-likeness (QED) is 0.363. The second-order valence-electron chi connectivity index (χ2n) is 5.94. The zero-order valence-corrected chi connectivity index (χ0v) is 13.0. The molecular weight excluding hydrogens is 220 g/mol. The van der Waals surface area contributed by atoms with Crippen LogP contribution < -0.4 is 0 Å². The van der Waals surface area contributed by atoms with Gasteiger partial charge in [0.15, 0.2) is 0 Å². The number of hydrogen-bond donors (Lipinski definition) is 0. The summed E-state index contributed by atoms with van der Waals surface area (Å²) >= 11 is 0.